The van der Waals surface area contributed by atoms with Gasteiger partial charge < -0.3 is 9.64 Å². The lowest BCUT2D eigenvalue weighted by molar-refractivity contribution is 0.0600. The second-order valence-corrected chi connectivity index (χ2v) is 6.11. The molecular formula is C18H15NO3S. The number of carbonyl (C=O) groups is 2. The van der Waals surface area contributed by atoms with Gasteiger partial charge in [0, 0.05) is 23.6 Å². The molecule has 5 heteroatoms. The summed E-state index contributed by atoms with van der Waals surface area (Å²) < 4.78 is 4.65. The van der Waals surface area contributed by atoms with Crippen LogP contribution < -0.4 is 4.90 Å². The van der Waals surface area contributed by atoms with E-state index in [0.29, 0.717) is 11.1 Å². The Bertz CT molecular complexity index is 796. The maximum Gasteiger partial charge on any atom is 0.337 e. The minimum atomic E-state index is -0.413. The first kappa shape index (κ1) is 15.4. The highest BCUT2D eigenvalue weighted by Gasteiger charge is 2.22. The van der Waals surface area contributed by atoms with Crippen molar-refractivity contribution < 1.29 is 14.3 Å². The first-order valence-corrected chi connectivity index (χ1v) is 7.87. The van der Waals surface area contributed by atoms with E-state index in [1.807, 2.05) is 36.2 Å². The van der Waals surface area contributed by atoms with Crippen LogP contribution in [-0.2, 0) is 4.74 Å². The number of allylic oxidation sites excluding steroid dienone is 1. The predicted molar refractivity (Wildman–Crippen MR) is 90.9 cm³/mol. The third kappa shape index (κ3) is 3.00. The van der Waals surface area contributed by atoms with Crippen LogP contribution in [0.2, 0.25) is 0 Å². The lowest BCUT2D eigenvalue weighted by Gasteiger charge is -2.12. The van der Waals surface area contributed by atoms with Crippen LogP contribution in [0.25, 0.3) is 0 Å². The number of rotatable bonds is 3. The summed E-state index contributed by atoms with van der Waals surface area (Å²) >= 11 is 1.57. The predicted octanol–water partition coefficient (Wildman–Crippen LogP) is 3.74. The summed E-state index contributed by atoms with van der Waals surface area (Å²) in [5, 5.41) is 0.883. The van der Waals surface area contributed by atoms with E-state index in [-0.39, 0.29) is 5.78 Å². The zero-order chi connectivity index (χ0) is 16.4. The maximum atomic E-state index is 12.4. The Hall–Kier alpha value is -2.53. The van der Waals surface area contributed by atoms with Gasteiger partial charge in [-0.25, -0.2) is 4.79 Å². The molecule has 2 aromatic rings. The molecule has 0 spiro atoms. The van der Waals surface area contributed by atoms with Crippen LogP contribution in [0.15, 0.2) is 64.5 Å². The standard InChI is InChI=1S/C18H15NO3S/c1-19-14-5-3-4-6-16(14)23-17(19)11-15(20)12-7-9-13(10-8-12)18(21)22-2/h3-11H,1-2H3/b17-11+. The number of thioether (sulfide) groups is 1. The first-order chi connectivity index (χ1) is 11.1. The van der Waals surface area contributed by atoms with E-state index < -0.39 is 5.97 Å². The molecule has 0 radical (unpaired) electrons. The number of para-hydroxylation sites is 1. The number of methoxy groups -OCH3 is 1. The second-order valence-electron chi connectivity index (χ2n) is 5.04. The van der Waals surface area contributed by atoms with Crippen molar-refractivity contribution in [3.8, 4) is 0 Å². The highest BCUT2D eigenvalue weighted by molar-refractivity contribution is 8.03. The number of nitrogens with zero attached hydrogens (tertiary/aromatic N) is 1. The van der Waals surface area contributed by atoms with Gasteiger partial charge in [0.15, 0.2) is 5.78 Å². The van der Waals surface area contributed by atoms with E-state index in [0.717, 1.165) is 15.6 Å². The van der Waals surface area contributed by atoms with Gasteiger partial charge in [0.1, 0.15) is 0 Å². The van der Waals surface area contributed by atoms with Crippen LogP contribution in [0.4, 0.5) is 5.69 Å². The molecule has 0 fully saturated rings. The molecule has 0 bridgehead atoms. The van der Waals surface area contributed by atoms with Crippen molar-refractivity contribution in [3.63, 3.8) is 0 Å². The SMILES string of the molecule is COC(=O)c1ccc(C(=O)/C=C2/Sc3ccccc3N2C)cc1. The minimum Gasteiger partial charge on any atom is -0.465 e. The van der Waals surface area contributed by atoms with Crippen molar-refractivity contribution >= 4 is 29.2 Å². The Labute approximate surface area is 138 Å². The van der Waals surface area contributed by atoms with Crippen molar-refractivity contribution in [2.24, 2.45) is 0 Å². The van der Waals surface area contributed by atoms with Crippen molar-refractivity contribution in [1.82, 2.24) is 0 Å². The van der Waals surface area contributed by atoms with Gasteiger partial charge in [0.25, 0.3) is 0 Å². The average Bonchev–Trinajstić information content (AvgIpc) is 2.90. The molecule has 3 rings (SSSR count). The molecule has 2 aromatic carbocycles. The zero-order valence-corrected chi connectivity index (χ0v) is 13.6. The van der Waals surface area contributed by atoms with Gasteiger partial charge in [-0.3, -0.25) is 4.79 Å². The Morgan fingerprint density at radius 2 is 1.70 bits per heavy atom. The minimum absolute atomic E-state index is 0.0939. The van der Waals surface area contributed by atoms with Crippen LogP contribution in [0.5, 0.6) is 0 Å². The average molecular weight is 325 g/mol. The zero-order valence-electron chi connectivity index (χ0n) is 12.8. The third-order valence-corrected chi connectivity index (χ3v) is 4.78. The van der Waals surface area contributed by atoms with E-state index in [1.54, 1.807) is 42.1 Å². The molecule has 116 valence electrons. The quantitative estimate of drug-likeness (QED) is 0.489. The Balaban J connectivity index is 1.81. The van der Waals surface area contributed by atoms with Crippen LogP contribution in [0, 0.1) is 0 Å². The molecule has 1 aliphatic rings. The highest BCUT2D eigenvalue weighted by atomic mass is 32.2. The molecule has 0 saturated heterocycles. The molecule has 0 amide bonds. The number of hydrogen-bond acceptors (Lipinski definition) is 5. The summed E-state index contributed by atoms with van der Waals surface area (Å²) in [6, 6.07) is 14.5. The number of fused-ring (bicyclic) bond motifs is 1. The molecule has 23 heavy (non-hydrogen) atoms. The number of benzene rings is 2. The number of ketones is 1. The summed E-state index contributed by atoms with van der Waals surface area (Å²) in [5.74, 6) is -0.507. The molecule has 1 aliphatic heterocycles. The molecule has 0 aromatic heterocycles. The second kappa shape index (κ2) is 6.30. The largest absolute Gasteiger partial charge is 0.465 e. The topological polar surface area (TPSA) is 46.6 Å². The third-order valence-electron chi connectivity index (χ3n) is 3.62. The molecule has 0 saturated carbocycles. The van der Waals surface area contributed by atoms with E-state index >= 15 is 0 Å². The van der Waals surface area contributed by atoms with Crippen molar-refractivity contribution in [1.29, 1.82) is 0 Å². The first-order valence-electron chi connectivity index (χ1n) is 7.05. The molecule has 0 aliphatic carbocycles. The van der Waals surface area contributed by atoms with Crippen molar-refractivity contribution in [3.05, 3.63) is 70.8 Å². The molecule has 0 unspecified atom stereocenters. The fourth-order valence-corrected chi connectivity index (χ4v) is 3.41. The number of hydrogen-bond donors (Lipinski definition) is 0. The van der Waals surface area contributed by atoms with Crippen molar-refractivity contribution in [2.75, 3.05) is 19.1 Å². The summed E-state index contributed by atoms with van der Waals surface area (Å²) in [6.07, 6.45) is 1.62. The fraction of sp³-hybridized carbons (Fsp3) is 0.111. The molecule has 0 N–H and O–H groups in total. The summed E-state index contributed by atoms with van der Waals surface area (Å²) in [4.78, 5) is 27.0. The van der Waals surface area contributed by atoms with Crippen LogP contribution in [-0.4, -0.2) is 25.9 Å². The van der Waals surface area contributed by atoms with Gasteiger partial charge in [0.2, 0.25) is 0 Å². The fourth-order valence-electron chi connectivity index (χ4n) is 2.33. The smallest absolute Gasteiger partial charge is 0.337 e. The highest BCUT2D eigenvalue weighted by Crippen LogP contribution is 2.44. The molecular weight excluding hydrogens is 310 g/mol. The van der Waals surface area contributed by atoms with Gasteiger partial charge in [-0.1, -0.05) is 36.0 Å². The monoisotopic (exact) mass is 325 g/mol. The number of carbonyl (C=O) groups excluding carboxylic acids is 2. The normalized spacial score (nSPS) is 14.7. The van der Waals surface area contributed by atoms with E-state index in [9.17, 15) is 9.59 Å². The van der Waals surface area contributed by atoms with E-state index in [2.05, 4.69) is 4.74 Å². The van der Waals surface area contributed by atoms with Gasteiger partial charge >= 0.3 is 5.97 Å². The Morgan fingerprint density at radius 3 is 2.35 bits per heavy atom. The lowest BCUT2D eigenvalue weighted by atomic mass is 10.1. The molecule has 4 nitrogen and oxygen atoms in total. The number of ether oxygens (including phenoxy) is 1. The van der Waals surface area contributed by atoms with Gasteiger partial charge in [0.05, 0.1) is 23.4 Å². The Morgan fingerprint density at radius 1 is 1.04 bits per heavy atom. The van der Waals surface area contributed by atoms with Crippen LogP contribution in [0.1, 0.15) is 20.7 Å². The van der Waals surface area contributed by atoms with Crippen LogP contribution >= 0.6 is 11.8 Å². The molecule has 1 heterocycles. The van der Waals surface area contributed by atoms with Crippen LogP contribution in [0.3, 0.4) is 0 Å². The summed E-state index contributed by atoms with van der Waals surface area (Å²) in [7, 11) is 3.27. The maximum absolute atomic E-state index is 12.4. The summed E-state index contributed by atoms with van der Waals surface area (Å²) in [6.45, 7) is 0. The Kier molecular flexibility index (Phi) is 4.21. The number of anilines is 1. The van der Waals surface area contributed by atoms with E-state index in [4.69, 9.17) is 0 Å². The van der Waals surface area contributed by atoms with Gasteiger partial charge in [-0.05, 0) is 24.3 Å². The summed E-state index contributed by atoms with van der Waals surface area (Å²) in [5.41, 5.74) is 2.06. The van der Waals surface area contributed by atoms with E-state index in [1.165, 1.54) is 7.11 Å². The van der Waals surface area contributed by atoms with Gasteiger partial charge in [-0.15, -0.1) is 0 Å². The van der Waals surface area contributed by atoms with Crippen molar-refractivity contribution in [2.45, 2.75) is 4.90 Å². The lowest BCUT2D eigenvalue weighted by Crippen LogP contribution is -2.11. The number of esters is 1. The molecule has 0 atom stereocenters. The van der Waals surface area contributed by atoms with Gasteiger partial charge in [-0.2, -0.15) is 0 Å².